The summed E-state index contributed by atoms with van der Waals surface area (Å²) in [5.41, 5.74) is 7.41. The predicted molar refractivity (Wildman–Crippen MR) is 85.9 cm³/mol. The van der Waals surface area contributed by atoms with E-state index < -0.39 is 0 Å². The Morgan fingerprint density at radius 2 is 1.95 bits per heavy atom. The second-order valence-electron chi connectivity index (χ2n) is 5.50. The van der Waals surface area contributed by atoms with Crippen LogP contribution in [0.2, 0.25) is 0 Å². The summed E-state index contributed by atoms with van der Waals surface area (Å²) in [7, 11) is 0. The Bertz CT molecular complexity index is 784. The van der Waals surface area contributed by atoms with Gasteiger partial charge in [-0.2, -0.15) is 0 Å². The van der Waals surface area contributed by atoms with Gasteiger partial charge in [0.05, 0.1) is 18.2 Å². The van der Waals surface area contributed by atoms with Crippen molar-refractivity contribution in [2.45, 2.75) is 13.3 Å². The molecule has 1 aliphatic heterocycles. The molecule has 0 amide bonds. The maximum absolute atomic E-state index is 4.36. The number of anilines is 1. The molecular formula is C18H17N3. The fourth-order valence-electron chi connectivity index (χ4n) is 2.96. The Balaban J connectivity index is 1.86. The van der Waals surface area contributed by atoms with E-state index in [9.17, 15) is 0 Å². The Kier molecular flexibility index (Phi) is 2.78. The van der Waals surface area contributed by atoms with E-state index >= 15 is 0 Å². The first-order valence-electron chi connectivity index (χ1n) is 7.28. The molecule has 0 saturated heterocycles. The number of aromatic nitrogens is 2. The lowest BCUT2D eigenvalue weighted by Crippen LogP contribution is -1.98. The number of imidazole rings is 1. The van der Waals surface area contributed by atoms with E-state index in [2.05, 4.69) is 64.3 Å². The van der Waals surface area contributed by atoms with E-state index in [4.69, 9.17) is 0 Å². The molecule has 0 unspecified atom stereocenters. The van der Waals surface area contributed by atoms with Gasteiger partial charge in [0.2, 0.25) is 0 Å². The van der Waals surface area contributed by atoms with E-state index in [1.165, 1.54) is 22.4 Å². The molecule has 0 saturated carbocycles. The van der Waals surface area contributed by atoms with Gasteiger partial charge in [0.1, 0.15) is 0 Å². The van der Waals surface area contributed by atoms with Crippen molar-refractivity contribution in [3.8, 4) is 16.9 Å². The van der Waals surface area contributed by atoms with Crippen LogP contribution in [-0.2, 0) is 6.42 Å². The highest BCUT2D eigenvalue weighted by Crippen LogP contribution is 2.35. The van der Waals surface area contributed by atoms with Crippen LogP contribution in [0, 0.1) is 6.92 Å². The van der Waals surface area contributed by atoms with Gasteiger partial charge in [0.25, 0.3) is 0 Å². The maximum Gasteiger partial charge on any atom is 0.0997 e. The van der Waals surface area contributed by atoms with E-state index in [-0.39, 0.29) is 0 Å². The second-order valence-corrected chi connectivity index (χ2v) is 5.50. The summed E-state index contributed by atoms with van der Waals surface area (Å²) in [5, 5.41) is 3.50. The lowest BCUT2D eigenvalue weighted by Gasteiger charge is -2.12. The van der Waals surface area contributed by atoms with Crippen LogP contribution >= 0.6 is 0 Å². The van der Waals surface area contributed by atoms with Gasteiger partial charge < -0.3 is 5.32 Å². The van der Waals surface area contributed by atoms with Gasteiger partial charge in [0.15, 0.2) is 0 Å². The van der Waals surface area contributed by atoms with Gasteiger partial charge in [-0.25, -0.2) is 4.98 Å². The molecular weight excluding hydrogens is 258 g/mol. The molecule has 1 aliphatic rings. The highest BCUT2D eigenvalue weighted by atomic mass is 15.1. The van der Waals surface area contributed by atoms with E-state index in [1.54, 1.807) is 0 Å². The van der Waals surface area contributed by atoms with Crippen molar-refractivity contribution in [2.24, 2.45) is 0 Å². The third-order valence-electron chi connectivity index (χ3n) is 4.07. The summed E-state index contributed by atoms with van der Waals surface area (Å²) in [4.78, 5) is 4.36. The third kappa shape index (κ3) is 2.02. The minimum atomic E-state index is 1.02. The van der Waals surface area contributed by atoms with Crippen LogP contribution in [0.5, 0.6) is 0 Å². The molecule has 104 valence electrons. The van der Waals surface area contributed by atoms with Gasteiger partial charge in [-0.3, -0.25) is 4.57 Å². The number of hydrogen-bond acceptors (Lipinski definition) is 2. The second kappa shape index (κ2) is 4.77. The summed E-state index contributed by atoms with van der Waals surface area (Å²) in [5.74, 6) is 0. The number of hydrogen-bond donors (Lipinski definition) is 1. The van der Waals surface area contributed by atoms with Gasteiger partial charge in [-0.15, -0.1) is 0 Å². The molecule has 1 N–H and O–H groups in total. The molecule has 2 heterocycles. The number of para-hydroxylation sites is 1. The van der Waals surface area contributed by atoms with Crippen molar-refractivity contribution in [2.75, 3.05) is 11.9 Å². The number of aryl methyl sites for hydroxylation is 1. The normalized spacial score (nSPS) is 13.0. The predicted octanol–water partition coefficient (Wildman–Crippen LogP) is 3.82. The SMILES string of the molecule is Cc1ccc(-n2cncc2-c2cccc3c2NCC3)cc1. The van der Waals surface area contributed by atoms with Gasteiger partial charge in [-0.05, 0) is 31.0 Å². The molecule has 0 atom stereocenters. The topological polar surface area (TPSA) is 29.9 Å². The number of benzene rings is 2. The average molecular weight is 275 g/mol. The summed E-state index contributed by atoms with van der Waals surface area (Å²) in [6, 6.07) is 15.0. The van der Waals surface area contributed by atoms with Crippen LogP contribution in [-0.4, -0.2) is 16.1 Å². The molecule has 0 aliphatic carbocycles. The first-order valence-corrected chi connectivity index (χ1v) is 7.28. The van der Waals surface area contributed by atoms with E-state index in [0.717, 1.165) is 24.3 Å². The lowest BCUT2D eigenvalue weighted by molar-refractivity contribution is 1.06. The van der Waals surface area contributed by atoms with E-state index in [1.807, 2.05) is 12.5 Å². The Hall–Kier alpha value is -2.55. The number of nitrogens with zero attached hydrogens (tertiary/aromatic N) is 2. The molecule has 3 heteroatoms. The zero-order valence-corrected chi connectivity index (χ0v) is 12.0. The number of fused-ring (bicyclic) bond motifs is 1. The summed E-state index contributed by atoms with van der Waals surface area (Å²) < 4.78 is 2.15. The summed E-state index contributed by atoms with van der Waals surface area (Å²) in [6.45, 7) is 3.12. The fraction of sp³-hybridized carbons (Fsp3) is 0.167. The first kappa shape index (κ1) is 12.2. The molecule has 0 bridgehead atoms. The van der Waals surface area contributed by atoms with Crippen LogP contribution in [0.25, 0.3) is 16.9 Å². The molecule has 21 heavy (non-hydrogen) atoms. The molecule has 1 aromatic heterocycles. The average Bonchev–Trinajstić information content (AvgIpc) is 3.16. The minimum Gasteiger partial charge on any atom is -0.384 e. The van der Waals surface area contributed by atoms with E-state index in [0.29, 0.717) is 0 Å². The molecule has 3 nitrogen and oxygen atoms in total. The van der Waals surface area contributed by atoms with Crippen molar-refractivity contribution < 1.29 is 0 Å². The molecule has 0 spiro atoms. The van der Waals surface area contributed by atoms with Crippen LogP contribution in [0.4, 0.5) is 5.69 Å². The highest BCUT2D eigenvalue weighted by Gasteiger charge is 2.17. The molecule has 4 rings (SSSR count). The monoisotopic (exact) mass is 275 g/mol. The molecule has 2 aromatic carbocycles. The van der Waals surface area contributed by atoms with Crippen molar-refractivity contribution >= 4 is 5.69 Å². The van der Waals surface area contributed by atoms with Crippen molar-refractivity contribution in [1.29, 1.82) is 0 Å². The Morgan fingerprint density at radius 1 is 1.10 bits per heavy atom. The van der Waals surface area contributed by atoms with Gasteiger partial charge >= 0.3 is 0 Å². The largest absolute Gasteiger partial charge is 0.384 e. The standard InChI is InChI=1S/C18H17N3/c1-13-5-7-15(8-6-13)21-12-19-11-17(21)16-4-2-3-14-9-10-20-18(14)16/h2-8,11-12,20H,9-10H2,1H3. The quantitative estimate of drug-likeness (QED) is 0.770. The molecule has 0 fully saturated rings. The van der Waals surface area contributed by atoms with Crippen LogP contribution in [0.3, 0.4) is 0 Å². The zero-order valence-electron chi connectivity index (χ0n) is 12.0. The Labute approximate surface area is 124 Å². The smallest absolute Gasteiger partial charge is 0.0997 e. The van der Waals surface area contributed by atoms with Gasteiger partial charge in [-0.1, -0.05) is 35.9 Å². The van der Waals surface area contributed by atoms with Crippen LogP contribution in [0.1, 0.15) is 11.1 Å². The number of rotatable bonds is 2. The highest BCUT2D eigenvalue weighted by molar-refractivity contribution is 5.80. The molecule has 3 aromatic rings. The van der Waals surface area contributed by atoms with Crippen molar-refractivity contribution in [3.63, 3.8) is 0 Å². The maximum atomic E-state index is 4.36. The first-order chi connectivity index (χ1) is 10.3. The molecule has 0 radical (unpaired) electrons. The Morgan fingerprint density at radius 3 is 2.81 bits per heavy atom. The van der Waals surface area contributed by atoms with Crippen LogP contribution in [0.15, 0.2) is 55.0 Å². The minimum absolute atomic E-state index is 1.02. The summed E-state index contributed by atoms with van der Waals surface area (Å²) in [6.07, 6.45) is 4.92. The zero-order chi connectivity index (χ0) is 14.2. The van der Waals surface area contributed by atoms with Gasteiger partial charge in [0, 0.05) is 23.5 Å². The van der Waals surface area contributed by atoms with Crippen molar-refractivity contribution in [1.82, 2.24) is 9.55 Å². The third-order valence-corrected chi connectivity index (χ3v) is 4.07. The van der Waals surface area contributed by atoms with Crippen molar-refractivity contribution in [3.05, 3.63) is 66.1 Å². The fourth-order valence-corrected chi connectivity index (χ4v) is 2.96. The number of nitrogens with one attached hydrogen (secondary N) is 1. The van der Waals surface area contributed by atoms with Crippen LogP contribution < -0.4 is 5.32 Å². The summed E-state index contributed by atoms with van der Waals surface area (Å²) >= 11 is 0. The lowest BCUT2D eigenvalue weighted by atomic mass is 10.1.